The summed E-state index contributed by atoms with van der Waals surface area (Å²) in [6, 6.07) is 2.81. The van der Waals surface area contributed by atoms with Crippen molar-refractivity contribution in [3.8, 4) is 0 Å². The maximum Gasteiger partial charge on any atom is 0.129 e. The van der Waals surface area contributed by atoms with E-state index < -0.39 is 17.7 Å². The number of aliphatic hydroxyl groups excluding tert-OH is 1. The number of benzene rings is 1. The zero-order valence-corrected chi connectivity index (χ0v) is 7.00. The third kappa shape index (κ3) is 2.75. The molecular weight excluding hydrogens is 176 g/mol. The molecule has 1 rings (SSSR count). The molecular formula is C9H11F2NO. The maximum atomic E-state index is 13.0. The van der Waals surface area contributed by atoms with Crippen molar-refractivity contribution < 1.29 is 13.9 Å². The summed E-state index contributed by atoms with van der Waals surface area (Å²) in [5, 5.41) is 8.62. The third-order valence-electron chi connectivity index (χ3n) is 1.73. The van der Waals surface area contributed by atoms with Crippen LogP contribution in [0.15, 0.2) is 18.2 Å². The van der Waals surface area contributed by atoms with E-state index in [2.05, 4.69) is 0 Å². The highest BCUT2D eigenvalue weighted by Crippen LogP contribution is 2.10. The molecule has 13 heavy (non-hydrogen) atoms. The third-order valence-corrected chi connectivity index (χ3v) is 1.73. The summed E-state index contributed by atoms with van der Waals surface area (Å²) in [6.45, 7) is -0.211. The van der Waals surface area contributed by atoms with Gasteiger partial charge in [0.2, 0.25) is 0 Å². The first-order valence-electron chi connectivity index (χ1n) is 3.94. The summed E-state index contributed by atoms with van der Waals surface area (Å²) >= 11 is 0. The number of hydrogen-bond acceptors (Lipinski definition) is 2. The predicted molar refractivity (Wildman–Crippen MR) is 45.1 cm³/mol. The van der Waals surface area contributed by atoms with Crippen LogP contribution in [0.25, 0.3) is 0 Å². The molecule has 0 fully saturated rings. The molecule has 0 aliphatic rings. The van der Waals surface area contributed by atoms with Gasteiger partial charge in [-0.2, -0.15) is 0 Å². The Balaban J connectivity index is 2.77. The molecule has 2 nitrogen and oxygen atoms in total. The Hall–Kier alpha value is -1.00. The van der Waals surface area contributed by atoms with E-state index in [9.17, 15) is 8.78 Å². The Kier molecular flexibility index (Phi) is 3.33. The van der Waals surface area contributed by atoms with Gasteiger partial charge in [0.05, 0.1) is 6.61 Å². The first-order valence-corrected chi connectivity index (χ1v) is 3.94. The normalized spacial score (nSPS) is 12.9. The lowest BCUT2D eigenvalue weighted by Crippen LogP contribution is -2.27. The van der Waals surface area contributed by atoms with E-state index in [4.69, 9.17) is 10.8 Å². The van der Waals surface area contributed by atoms with Gasteiger partial charge in [-0.3, -0.25) is 0 Å². The van der Waals surface area contributed by atoms with Gasteiger partial charge in [0.1, 0.15) is 11.6 Å². The van der Waals surface area contributed by atoms with Crippen molar-refractivity contribution in [2.45, 2.75) is 12.5 Å². The maximum absolute atomic E-state index is 13.0. The van der Waals surface area contributed by atoms with Crippen LogP contribution in [-0.4, -0.2) is 17.8 Å². The largest absolute Gasteiger partial charge is 0.395 e. The van der Waals surface area contributed by atoms with Crippen LogP contribution in [0.4, 0.5) is 8.78 Å². The van der Waals surface area contributed by atoms with Gasteiger partial charge in [-0.15, -0.1) is 0 Å². The molecule has 0 aromatic heterocycles. The average Bonchev–Trinajstić information content (AvgIpc) is 2.09. The van der Waals surface area contributed by atoms with Crippen molar-refractivity contribution in [3.05, 3.63) is 35.4 Å². The molecule has 0 unspecified atom stereocenters. The summed E-state index contributed by atoms with van der Waals surface area (Å²) in [6.07, 6.45) is 0.211. The molecule has 0 bridgehead atoms. The molecule has 1 aromatic rings. The fraction of sp³-hybridized carbons (Fsp3) is 0.333. The van der Waals surface area contributed by atoms with Gasteiger partial charge in [-0.1, -0.05) is 6.07 Å². The summed E-state index contributed by atoms with van der Waals surface area (Å²) in [5.41, 5.74) is 5.72. The van der Waals surface area contributed by atoms with Gasteiger partial charge in [0.15, 0.2) is 0 Å². The number of nitrogens with two attached hydrogens (primary N) is 1. The first-order chi connectivity index (χ1) is 6.13. The molecule has 0 radical (unpaired) electrons. The first kappa shape index (κ1) is 10.1. The molecule has 0 saturated carbocycles. The number of hydrogen-bond donors (Lipinski definition) is 2. The van der Waals surface area contributed by atoms with Crippen LogP contribution in [0.3, 0.4) is 0 Å². The lowest BCUT2D eigenvalue weighted by molar-refractivity contribution is 0.264. The summed E-state index contributed by atoms with van der Waals surface area (Å²) < 4.78 is 25.4. The van der Waals surface area contributed by atoms with Crippen LogP contribution in [0, 0.1) is 11.6 Å². The lowest BCUT2D eigenvalue weighted by Gasteiger charge is -2.08. The second-order valence-electron chi connectivity index (χ2n) is 2.88. The molecule has 0 aliphatic carbocycles. The monoisotopic (exact) mass is 187 g/mol. The SMILES string of the molecule is N[C@@H](CO)Cc1ccc(F)cc1F. The van der Waals surface area contributed by atoms with Gasteiger partial charge in [0.25, 0.3) is 0 Å². The van der Waals surface area contributed by atoms with Gasteiger partial charge >= 0.3 is 0 Å². The minimum atomic E-state index is -0.621. The molecule has 0 saturated heterocycles. The molecule has 1 atom stereocenters. The van der Waals surface area contributed by atoms with Crippen LogP contribution < -0.4 is 5.73 Å². The van der Waals surface area contributed by atoms with Gasteiger partial charge in [0, 0.05) is 12.1 Å². The van der Waals surface area contributed by atoms with E-state index >= 15 is 0 Å². The lowest BCUT2D eigenvalue weighted by atomic mass is 10.1. The standard InChI is InChI=1S/C9H11F2NO/c10-7-2-1-6(9(11)4-7)3-8(12)5-13/h1-2,4,8,13H,3,5,12H2/t8-/m1/s1. The van der Waals surface area contributed by atoms with Crippen LogP contribution >= 0.6 is 0 Å². The average molecular weight is 187 g/mol. The molecule has 3 N–H and O–H groups in total. The van der Waals surface area contributed by atoms with E-state index in [0.717, 1.165) is 6.07 Å². The Bertz CT molecular complexity index is 291. The minimum Gasteiger partial charge on any atom is -0.395 e. The van der Waals surface area contributed by atoms with Crippen molar-refractivity contribution >= 4 is 0 Å². The predicted octanol–water partition coefficient (Wildman–Crippen LogP) is 0.827. The molecule has 0 amide bonds. The van der Waals surface area contributed by atoms with Crippen molar-refractivity contribution in [2.24, 2.45) is 5.73 Å². The van der Waals surface area contributed by atoms with Crippen molar-refractivity contribution in [2.75, 3.05) is 6.61 Å². The molecule has 4 heteroatoms. The Morgan fingerprint density at radius 2 is 2.08 bits per heavy atom. The second kappa shape index (κ2) is 4.30. The fourth-order valence-electron chi connectivity index (χ4n) is 1.03. The fourth-order valence-corrected chi connectivity index (χ4v) is 1.03. The number of aliphatic hydroxyl groups is 1. The highest BCUT2D eigenvalue weighted by molar-refractivity contribution is 5.19. The quantitative estimate of drug-likeness (QED) is 0.736. The van der Waals surface area contributed by atoms with Gasteiger partial charge in [-0.05, 0) is 18.1 Å². The van der Waals surface area contributed by atoms with Crippen molar-refractivity contribution in [3.63, 3.8) is 0 Å². The van der Waals surface area contributed by atoms with Gasteiger partial charge in [-0.25, -0.2) is 8.78 Å². The van der Waals surface area contributed by atoms with Crippen LogP contribution in [0.1, 0.15) is 5.56 Å². The minimum absolute atomic E-state index is 0.211. The Morgan fingerprint density at radius 3 is 2.62 bits per heavy atom. The zero-order chi connectivity index (χ0) is 9.84. The van der Waals surface area contributed by atoms with E-state index in [0.29, 0.717) is 5.56 Å². The van der Waals surface area contributed by atoms with E-state index in [1.807, 2.05) is 0 Å². The Labute approximate surface area is 75.0 Å². The topological polar surface area (TPSA) is 46.2 Å². The number of halogens is 2. The zero-order valence-electron chi connectivity index (χ0n) is 7.00. The van der Waals surface area contributed by atoms with Gasteiger partial charge < -0.3 is 10.8 Å². The van der Waals surface area contributed by atoms with Crippen LogP contribution in [0.5, 0.6) is 0 Å². The summed E-state index contributed by atoms with van der Waals surface area (Å²) in [7, 11) is 0. The summed E-state index contributed by atoms with van der Waals surface area (Å²) in [4.78, 5) is 0. The smallest absolute Gasteiger partial charge is 0.129 e. The molecule has 0 heterocycles. The second-order valence-corrected chi connectivity index (χ2v) is 2.88. The van der Waals surface area contributed by atoms with Crippen LogP contribution in [-0.2, 0) is 6.42 Å². The summed E-state index contributed by atoms with van der Waals surface area (Å²) in [5.74, 6) is -1.23. The molecule has 0 spiro atoms. The Morgan fingerprint density at radius 1 is 1.38 bits per heavy atom. The molecule has 72 valence electrons. The highest BCUT2D eigenvalue weighted by atomic mass is 19.1. The van der Waals surface area contributed by atoms with Crippen molar-refractivity contribution in [1.29, 1.82) is 0 Å². The van der Waals surface area contributed by atoms with E-state index in [1.54, 1.807) is 0 Å². The number of rotatable bonds is 3. The van der Waals surface area contributed by atoms with Crippen molar-refractivity contribution in [1.82, 2.24) is 0 Å². The van der Waals surface area contributed by atoms with E-state index in [1.165, 1.54) is 12.1 Å². The molecule has 0 aliphatic heterocycles. The van der Waals surface area contributed by atoms with Crippen LogP contribution in [0.2, 0.25) is 0 Å². The van der Waals surface area contributed by atoms with E-state index in [-0.39, 0.29) is 13.0 Å². The molecule has 1 aromatic carbocycles. The highest BCUT2D eigenvalue weighted by Gasteiger charge is 2.07.